The summed E-state index contributed by atoms with van der Waals surface area (Å²) in [7, 11) is 0. The first-order chi connectivity index (χ1) is 9.84. The van der Waals surface area contributed by atoms with Crippen LogP contribution in [-0.2, 0) is 0 Å². The summed E-state index contributed by atoms with van der Waals surface area (Å²) in [5, 5.41) is 14.3. The van der Waals surface area contributed by atoms with Crippen molar-refractivity contribution in [3.8, 4) is 0 Å². The van der Waals surface area contributed by atoms with E-state index in [1.54, 1.807) is 0 Å². The van der Waals surface area contributed by atoms with E-state index in [1.165, 1.54) is 6.33 Å². The van der Waals surface area contributed by atoms with E-state index in [0.29, 0.717) is 6.54 Å². The van der Waals surface area contributed by atoms with Gasteiger partial charge >= 0.3 is 0 Å². The number of aliphatic hydroxyl groups excluding tert-OH is 1. The third kappa shape index (κ3) is 2.60. The molecule has 1 atom stereocenters. The van der Waals surface area contributed by atoms with Gasteiger partial charge in [-0.2, -0.15) is 0 Å². The van der Waals surface area contributed by atoms with Crippen LogP contribution in [0.25, 0.3) is 10.9 Å². The molecule has 0 aliphatic heterocycles. The molecule has 0 unspecified atom stereocenters. The number of para-hydroxylation sites is 1. The molecule has 0 aliphatic rings. The van der Waals surface area contributed by atoms with Gasteiger partial charge in [-0.3, -0.25) is 0 Å². The van der Waals surface area contributed by atoms with Crippen LogP contribution in [0.5, 0.6) is 0 Å². The normalized spacial score (nSPS) is 12.2. The smallest absolute Gasteiger partial charge is 0.137 e. The molecule has 4 heteroatoms. The summed E-state index contributed by atoms with van der Waals surface area (Å²) >= 11 is 0. The molecule has 0 saturated heterocycles. The number of anilines is 1. The minimum absolute atomic E-state index is 0.408. The van der Waals surface area contributed by atoms with E-state index in [0.717, 1.165) is 22.3 Å². The molecular formula is C16H15N3O. The molecule has 2 aromatic carbocycles. The molecule has 2 N–H and O–H groups in total. The fraction of sp³-hybridized carbons (Fsp3) is 0.125. The van der Waals surface area contributed by atoms with Gasteiger partial charge in [0, 0.05) is 11.9 Å². The lowest BCUT2D eigenvalue weighted by Crippen LogP contribution is -2.13. The van der Waals surface area contributed by atoms with Crippen LogP contribution in [0.1, 0.15) is 11.7 Å². The summed E-state index contributed by atoms with van der Waals surface area (Å²) in [5.41, 5.74) is 1.78. The zero-order valence-corrected chi connectivity index (χ0v) is 10.9. The van der Waals surface area contributed by atoms with Gasteiger partial charge in [0.15, 0.2) is 0 Å². The van der Waals surface area contributed by atoms with Crippen LogP contribution >= 0.6 is 0 Å². The van der Waals surface area contributed by atoms with Crippen LogP contribution < -0.4 is 5.32 Å². The lowest BCUT2D eigenvalue weighted by atomic mass is 10.1. The first-order valence-electron chi connectivity index (χ1n) is 6.51. The second kappa shape index (κ2) is 5.67. The monoisotopic (exact) mass is 265 g/mol. The third-order valence-electron chi connectivity index (χ3n) is 3.19. The summed E-state index contributed by atoms with van der Waals surface area (Å²) in [5.74, 6) is 0.741. The summed E-state index contributed by atoms with van der Waals surface area (Å²) in [6, 6.07) is 17.4. The Kier molecular flexibility index (Phi) is 3.56. The highest BCUT2D eigenvalue weighted by atomic mass is 16.3. The van der Waals surface area contributed by atoms with E-state index >= 15 is 0 Å². The van der Waals surface area contributed by atoms with Gasteiger partial charge in [-0.05, 0) is 17.7 Å². The van der Waals surface area contributed by atoms with E-state index in [9.17, 15) is 5.11 Å². The third-order valence-corrected chi connectivity index (χ3v) is 3.19. The quantitative estimate of drug-likeness (QED) is 0.761. The van der Waals surface area contributed by atoms with E-state index in [1.807, 2.05) is 54.6 Å². The number of fused-ring (bicyclic) bond motifs is 1. The largest absolute Gasteiger partial charge is 0.387 e. The van der Waals surface area contributed by atoms with Crippen molar-refractivity contribution in [2.24, 2.45) is 0 Å². The molecule has 4 nitrogen and oxygen atoms in total. The molecule has 0 amide bonds. The minimum Gasteiger partial charge on any atom is -0.387 e. The summed E-state index contributed by atoms with van der Waals surface area (Å²) in [4.78, 5) is 8.45. The molecule has 1 aromatic heterocycles. The number of hydrogen-bond acceptors (Lipinski definition) is 4. The fourth-order valence-electron chi connectivity index (χ4n) is 2.13. The molecule has 0 radical (unpaired) electrons. The van der Waals surface area contributed by atoms with Gasteiger partial charge in [0.1, 0.15) is 12.1 Å². The predicted octanol–water partition coefficient (Wildman–Crippen LogP) is 2.78. The van der Waals surface area contributed by atoms with Crippen molar-refractivity contribution in [3.05, 3.63) is 66.5 Å². The van der Waals surface area contributed by atoms with Crippen LogP contribution in [0.3, 0.4) is 0 Å². The van der Waals surface area contributed by atoms with Crippen LogP contribution in [0, 0.1) is 0 Å². The number of aliphatic hydroxyl groups is 1. The summed E-state index contributed by atoms with van der Waals surface area (Å²) < 4.78 is 0. The van der Waals surface area contributed by atoms with Crippen molar-refractivity contribution in [2.45, 2.75) is 6.10 Å². The van der Waals surface area contributed by atoms with Gasteiger partial charge in [-0.1, -0.05) is 42.5 Å². The van der Waals surface area contributed by atoms with Crippen LogP contribution in [-0.4, -0.2) is 21.6 Å². The maximum Gasteiger partial charge on any atom is 0.137 e. The number of nitrogens with one attached hydrogen (secondary N) is 1. The Labute approximate surface area is 117 Å². The summed E-state index contributed by atoms with van der Waals surface area (Å²) in [6.07, 6.45) is 0.962. The maximum absolute atomic E-state index is 10.1. The topological polar surface area (TPSA) is 58.0 Å². The lowest BCUT2D eigenvalue weighted by Gasteiger charge is -2.13. The van der Waals surface area contributed by atoms with Crippen molar-refractivity contribution < 1.29 is 5.11 Å². The number of rotatable bonds is 4. The average Bonchev–Trinajstić information content (AvgIpc) is 2.53. The first-order valence-corrected chi connectivity index (χ1v) is 6.51. The van der Waals surface area contributed by atoms with E-state index < -0.39 is 6.10 Å². The molecular weight excluding hydrogens is 250 g/mol. The van der Waals surface area contributed by atoms with Crippen molar-refractivity contribution in [2.75, 3.05) is 11.9 Å². The highest BCUT2D eigenvalue weighted by Crippen LogP contribution is 2.19. The van der Waals surface area contributed by atoms with Gasteiger partial charge < -0.3 is 10.4 Å². The second-order valence-corrected chi connectivity index (χ2v) is 4.55. The Morgan fingerprint density at radius 3 is 2.55 bits per heavy atom. The molecule has 3 aromatic rings. The van der Waals surface area contributed by atoms with Gasteiger partial charge in [0.25, 0.3) is 0 Å². The minimum atomic E-state index is -0.565. The van der Waals surface area contributed by atoms with Gasteiger partial charge in [0.2, 0.25) is 0 Å². The SMILES string of the molecule is O[C@@H](CNc1ncnc2ccccc12)c1ccccc1. The molecule has 20 heavy (non-hydrogen) atoms. The Bertz CT molecular complexity index is 695. The Morgan fingerprint density at radius 2 is 1.70 bits per heavy atom. The van der Waals surface area contributed by atoms with Crippen LogP contribution in [0.15, 0.2) is 60.9 Å². The Hall–Kier alpha value is -2.46. The van der Waals surface area contributed by atoms with E-state index in [2.05, 4.69) is 15.3 Å². The zero-order valence-electron chi connectivity index (χ0n) is 10.9. The molecule has 1 heterocycles. The van der Waals surface area contributed by atoms with Crippen molar-refractivity contribution >= 4 is 16.7 Å². The molecule has 0 fully saturated rings. The number of nitrogens with zero attached hydrogens (tertiary/aromatic N) is 2. The highest BCUT2D eigenvalue weighted by molar-refractivity contribution is 5.88. The number of benzene rings is 2. The van der Waals surface area contributed by atoms with Gasteiger partial charge in [0.05, 0.1) is 11.6 Å². The van der Waals surface area contributed by atoms with Gasteiger partial charge in [-0.25, -0.2) is 9.97 Å². The molecule has 0 spiro atoms. The molecule has 0 saturated carbocycles. The molecule has 0 bridgehead atoms. The lowest BCUT2D eigenvalue weighted by molar-refractivity contribution is 0.191. The zero-order chi connectivity index (χ0) is 13.8. The molecule has 3 rings (SSSR count). The fourth-order valence-corrected chi connectivity index (χ4v) is 2.13. The number of hydrogen-bond donors (Lipinski definition) is 2. The average molecular weight is 265 g/mol. The van der Waals surface area contributed by atoms with Crippen molar-refractivity contribution in [1.29, 1.82) is 0 Å². The Balaban J connectivity index is 1.77. The van der Waals surface area contributed by atoms with Crippen LogP contribution in [0.2, 0.25) is 0 Å². The van der Waals surface area contributed by atoms with Crippen LogP contribution in [0.4, 0.5) is 5.82 Å². The molecule has 0 aliphatic carbocycles. The maximum atomic E-state index is 10.1. The van der Waals surface area contributed by atoms with E-state index in [4.69, 9.17) is 0 Å². The first kappa shape index (κ1) is 12.6. The predicted molar refractivity (Wildman–Crippen MR) is 79.4 cm³/mol. The second-order valence-electron chi connectivity index (χ2n) is 4.55. The Morgan fingerprint density at radius 1 is 0.950 bits per heavy atom. The summed E-state index contributed by atoms with van der Waals surface area (Å²) in [6.45, 7) is 0.408. The van der Waals surface area contributed by atoms with Crippen molar-refractivity contribution in [1.82, 2.24) is 9.97 Å². The van der Waals surface area contributed by atoms with E-state index in [-0.39, 0.29) is 0 Å². The standard InChI is InChI=1S/C16H15N3O/c20-15(12-6-2-1-3-7-12)10-17-16-13-8-4-5-9-14(13)18-11-19-16/h1-9,11,15,20H,10H2,(H,17,18,19)/t15-/m0/s1. The number of aromatic nitrogens is 2. The highest BCUT2D eigenvalue weighted by Gasteiger charge is 2.08. The molecule has 100 valence electrons. The van der Waals surface area contributed by atoms with Gasteiger partial charge in [-0.15, -0.1) is 0 Å². The van der Waals surface area contributed by atoms with Crippen molar-refractivity contribution in [3.63, 3.8) is 0 Å².